The Bertz CT molecular complexity index is 193. The predicted octanol–water partition coefficient (Wildman–Crippen LogP) is 3.02. The molecule has 0 bridgehead atoms. The molecule has 0 radical (unpaired) electrons. The lowest BCUT2D eigenvalue weighted by molar-refractivity contribution is 0.0800. The third-order valence-corrected chi connectivity index (χ3v) is 4.63. The molecule has 0 saturated heterocycles. The van der Waals surface area contributed by atoms with Gasteiger partial charge >= 0.3 is 0 Å². The lowest BCUT2D eigenvalue weighted by Gasteiger charge is -2.43. The molecule has 0 aliphatic heterocycles. The summed E-state index contributed by atoms with van der Waals surface area (Å²) in [7, 11) is 2.29. The molecule has 0 aromatic carbocycles. The van der Waals surface area contributed by atoms with E-state index >= 15 is 0 Å². The zero-order valence-corrected chi connectivity index (χ0v) is 11.5. The van der Waals surface area contributed by atoms with Crippen molar-refractivity contribution in [3.05, 3.63) is 0 Å². The summed E-state index contributed by atoms with van der Waals surface area (Å²) in [5.41, 5.74) is 6.42. The van der Waals surface area contributed by atoms with Crippen LogP contribution in [0.2, 0.25) is 0 Å². The van der Waals surface area contributed by atoms with Crippen molar-refractivity contribution in [2.45, 2.75) is 64.3 Å². The van der Waals surface area contributed by atoms with Gasteiger partial charge in [0.1, 0.15) is 0 Å². The van der Waals surface area contributed by atoms with E-state index in [0.717, 1.165) is 12.5 Å². The summed E-state index contributed by atoms with van der Waals surface area (Å²) in [6.45, 7) is 6.65. The molecule has 2 unspecified atom stereocenters. The van der Waals surface area contributed by atoms with Crippen LogP contribution in [0.4, 0.5) is 0 Å². The molecule has 2 nitrogen and oxygen atoms in total. The molecule has 0 aromatic heterocycles. The van der Waals surface area contributed by atoms with E-state index in [2.05, 4.69) is 25.8 Å². The average molecular weight is 226 g/mol. The summed E-state index contributed by atoms with van der Waals surface area (Å²) in [5.74, 6) is 0.823. The van der Waals surface area contributed by atoms with Crippen LogP contribution in [0.5, 0.6) is 0 Å². The second-order valence-electron chi connectivity index (χ2n) is 5.43. The van der Waals surface area contributed by atoms with Gasteiger partial charge < -0.3 is 5.73 Å². The van der Waals surface area contributed by atoms with Crippen LogP contribution >= 0.6 is 0 Å². The van der Waals surface area contributed by atoms with Crippen molar-refractivity contribution < 1.29 is 0 Å². The van der Waals surface area contributed by atoms with Crippen LogP contribution in [0.15, 0.2) is 0 Å². The van der Waals surface area contributed by atoms with Crippen LogP contribution in [0.3, 0.4) is 0 Å². The first-order valence-electron chi connectivity index (χ1n) is 7.12. The molecular weight excluding hydrogens is 196 g/mol. The van der Waals surface area contributed by atoms with E-state index in [1.165, 1.54) is 51.5 Å². The molecular formula is C14H30N2. The zero-order valence-electron chi connectivity index (χ0n) is 11.5. The maximum atomic E-state index is 6.10. The molecule has 1 rings (SSSR count). The van der Waals surface area contributed by atoms with Gasteiger partial charge in [-0.1, -0.05) is 39.5 Å². The second-order valence-corrected chi connectivity index (χ2v) is 5.43. The molecule has 2 N–H and O–H groups in total. The zero-order chi connectivity index (χ0) is 12.0. The Morgan fingerprint density at radius 1 is 1.31 bits per heavy atom. The fourth-order valence-electron chi connectivity index (χ4n) is 3.46. The van der Waals surface area contributed by atoms with Crippen molar-refractivity contribution in [2.75, 3.05) is 20.1 Å². The number of nitrogens with two attached hydrogens (primary N) is 1. The van der Waals surface area contributed by atoms with Gasteiger partial charge in [0.2, 0.25) is 0 Å². The van der Waals surface area contributed by atoms with Gasteiger partial charge in [0.05, 0.1) is 0 Å². The molecule has 1 aliphatic rings. The molecule has 1 saturated carbocycles. The van der Waals surface area contributed by atoms with Gasteiger partial charge in [-0.3, -0.25) is 4.90 Å². The van der Waals surface area contributed by atoms with E-state index in [0.29, 0.717) is 5.54 Å². The van der Waals surface area contributed by atoms with Crippen molar-refractivity contribution in [1.82, 2.24) is 4.90 Å². The van der Waals surface area contributed by atoms with Gasteiger partial charge in [0.15, 0.2) is 0 Å². The Labute approximate surface area is 102 Å². The number of rotatable bonds is 7. The molecule has 1 aliphatic carbocycles. The molecule has 0 heterocycles. The fraction of sp³-hybridized carbons (Fsp3) is 1.00. The van der Waals surface area contributed by atoms with Crippen molar-refractivity contribution in [3.63, 3.8) is 0 Å². The smallest absolute Gasteiger partial charge is 0.0356 e. The molecule has 1 fully saturated rings. The van der Waals surface area contributed by atoms with Gasteiger partial charge in [0.25, 0.3) is 0 Å². The summed E-state index contributed by atoms with van der Waals surface area (Å²) in [6, 6.07) is 0. The summed E-state index contributed by atoms with van der Waals surface area (Å²) < 4.78 is 0. The Hall–Kier alpha value is -0.0800. The largest absolute Gasteiger partial charge is 0.329 e. The highest BCUT2D eigenvalue weighted by Crippen LogP contribution is 2.41. The molecule has 0 spiro atoms. The van der Waals surface area contributed by atoms with Gasteiger partial charge in [0, 0.05) is 12.1 Å². The lowest BCUT2D eigenvalue weighted by atomic mass is 9.83. The van der Waals surface area contributed by atoms with Gasteiger partial charge in [-0.2, -0.15) is 0 Å². The highest BCUT2D eigenvalue weighted by atomic mass is 15.2. The highest BCUT2D eigenvalue weighted by molar-refractivity contribution is 5.00. The molecule has 2 atom stereocenters. The van der Waals surface area contributed by atoms with Crippen LogP contribution < -0.4 is 5.73 Å². The van der Waals surface area contributed by atoms with Crippen molar-refractivity contribution in [3.8, 4) is 0 Å². The lowest BCUT2D eigenvalue weighted by Crippen LogP contribution is -2.54. The van der Waals surface area contributed by atoms with Crippen LogP contribution in [0, 0.1) is 5.92 Å². The SMILES string of the molecule is CCCCCN(C)C1(CN)CCCC1CC. The maximum Gasteiger partial charge on any atom is 0.0356 e. The van der Waals surface area contributed by atoms with Gasteiger partial charge in [-0.25, -0.2) is 0 Å². The third-order valence-electron chi connectivity index (χ3n) is 4.63. The first kappa shape index (κ1) is 14.0. The molecule has 0 aromatic rings. The quantitative estimate of drug-likeness (QED) is 0.676. The summed E-state index contributed by atoms with van der Waals surface area (Å²) >= 11 is 0. The standard InChI is InChI=1S/C14H30N2/c1-4-6-7-11-16(3)14(12-15)10-8-9-13(14)5-2/h13H,4-12,15H2,1-3H3. The summed E-state index contributed by atoms with van der Waals surface area (Å²) in [4.78, 5) is 2.57. The summed E-state index contributed by atoms with van der Waals surface area (Å²) in [5, 5.41) is 0. The highest BCUT2D eigenvalue weighted by Gasteiger charge is 2.43. The normalized spacial score (nSPS) is 30.2. The monoisotopic (exact) mass is 226 g/mol. The Morgan fingerprint density at radius 3 is 2.62 bits per heavy atom. The Balaban J connectivity index is 2.56. The number of hydrogen-bond acceptors (Lipinski definition) is 2. The minimum atomic E-state index is 0.322. The maximum absolute atomic E-state index is 6.10. The number of nitrogens with zero attached hydrogens (tertiary/aromatic N) is 1. The van der Waals surface area contributed by atoms with E-state index in [1.54, 1.807) is 0 Å². The first-order chi connectivity index (χ1) is 7.71. The molecule has 96 valence electrons. The molecule has 16 heavy (non-hydrogen) atoms. The first-order valence-corrected chi connectivity index (χ1v) is 7.12. The average Bonchev–Trinajstić information content (AvgIpc) is 2.73. The van der Waals surface area contributed by atoms with Crippen LogP contribution in [-0.2, 0) is 0 Å². The Kier molecular flexibility index (Phi) is 5.77. The molecule has 2 heteroatoms. The predicted molar refractivity (Wildman–Crippen MR) is 71.6 cm³/mol. The van der Waals surface area contributed by atoms with Crippen LogP contribution in [0.25, 0.3) is 0 Å². The van der Waals surface area contributed by atoms with Gasteiger partial charge in [-0.15, -0.1) is 0 Å². The van der Waals surface area contributed by atoms with E-state index in [9.17, 15) is 0 Å². The number of likely N-dealkylation sites (N-methyl/N-ethyl adjacent to an activating group) is 1. The van der Waals surface area contributed by atoms with E-state index in [1.807, 2.05) is 0 Å². The van der Waals surface area contributed by atoms with E-state index in [4.69, 9.17) is 5.73 Å². The number of unbranched alkanes of at least 4 members (excludes halogenated alkanes) is 2. The topological polar surface area (TPSA) is 29.3 Å². The second kappa shape index (κ2) is 6.61. The minimum absolute atomic E-state index is 0.322. The number of hydrogen-bond donors (Lipinski definition) is 1. The Morgan fingerprint density at radius 2 is 2.06 bits per heavy atom. The van der Waals surface area contributed by atoms with Gasteiger partial charge in [-0.05, 0) is 38.8 Å². The van der Waals surface area contributed by atoms with Crippen molar-refractivity contribution in [2.24, 2.45) is 11.7 Å². The summed E-state index contributed by atoms with van der Waals surface area (Å²) in [6.07, 6.45) is 9.33. The third kappa shape index (κ3) is 2.78. The van der Waals surface area contributed by atoms with Crippen molar-refractivity contribution in [1.29, 1.82) is 0 Å². The van der Waals surface area contributed by atoms with Crippen LogP contribution in [0.1, 0.15) is 58.8 Å². The van der Waals surface area contributed by atoms with Crippen molar-refractivity contribution >= 4 is 0 Å². The van der Waals surface area contributed by atoms with Crippen LogP contribution in [-0.4, -0.2) is 30.6 Å². The fourth-order valence-corrected chi connectivity index (χ4v) is 3.46. The van der Waals surface area contributed by atoms with E-state index < -0.39 is 0 Å². The van der Waals surface area contributed by atoms with E-state index in [-0.39, 0.29) is 0 Å². The minimum Gasteiger partial charge on any atom is -0.329 e. The molecule has 0 amide bonds.